The standard InChI is InChI=1S/C18H18N4O2/c1-12-6-3-4-7-14(12)13(2)21-16(23)10-22-11-20-17-15(18(22)24)8-5-9-19-17/h3-9,11,13H,10H2,1-2H3,(H,21,23)/t13-/m0/s1. The highest BCUT2D eigenvalue weighted by Gasteiger charge is 2.13. The summed E-state index contributed by atoms with van der Waals surface area (Å²) in [4.78, 5) is 32.8. The number of carbonyl (C=O) groups excluding carboxylic acids is 1. The van der Waals surface area contributed by atoms with Gasteiger partial charge >= 0.3 is 0 Å². The van der Waals surface area contributed by atoms with E-state index in [1.165, 1.54) is 10.9 Å². The second-order valence-electron chi connectivity index (χ2n) is 5.70. The van der Waals surface area contributed by atoms with Crippen LogP contribution in [0.25, 0.3) is 11.0 Å². The average Bonchev–Trinajstić information content (AvgIpc) is 2.58. The Hall–Kier alpha value is -3.02. The topological polar surface area (TPSA) is 76.9 Å². The molecule has 1 atom stereocenters. The second-order valence-corrected chi connectivity index (χ2v) is 5.70. The van der Waals surface area contributed by atoms with E-state index in [9.17, 15) is 9.59 Å². The molecule has 1 N–H and O–H groups in total. The van der Waals surface area contributed by atoms with Gasteiger partial charge in [0.2, 0.25) is 5.91 Å². The van der Waals surface area contributed by atoms with Gasteiger partial charge in [0.1, 0.15) is 12.9 Å². The van der Waals surface area contributed by atoms with Gasteiger partial charge in [0.05, 0.1) is 11.4 Å². The fraction of sp³-hybridized carbons (Fsp3) is 0.222. The zero-order valence-electron chi connectivity index (χ0n) is 13.6. The summed E-state index contributed by atoms with van der Waals surface area (Å²) in [5.41, 5.74) is 2.28. The van der Waals surface area contributed by atoms with Crippen molar-refractivity contribution in [2.45, 2.75) is 26.4 Å². The molecule has 0 saturated heterocycles. The lowest BCUT2D eigenvalue weighted by Gasteiger charge is -2.17. The minimum Gasteiger partial charge on any atom is -0.348 e. The zero-order valence-corrected chi connectivity index (χ0v) is 13.6. The average molecular weight is 322 g/mol. The summed E-state index contributed by atoms with van der Waals surface area (Å²) in [5, 5.41) is 3.32. The van der Waals surface area contributed by atoms with Crippen LogP contribution >= 0.6 is 0 Å². The summed E-state index contributed by atoms with van der Waals surface area (Å²) in [6, 6.07) is 11.1. The Morgan fingerprint density at radius 2 is 2.00 bits per heavy atom. The fourth-order valence-electron chi connectivity index (χ4n) is 2.70. The molecular weight excluding hydrogens is 304 g/mol. The third kappa shape index (κ3) is 3.17. The van der Waals surface area contributed by atoms with Crippen LogP contribution in [0.4, 0.5) is 0 Å². The second kappa shape index (κ2) is 6.62. The Morgan fingerprint density at radius 3 is 2.79 bits per heavy atom. The molecule has 0 unspecified atom stereocenters. The third-order valence-corrected chi connectivity index (χ3v) is 3.94. The van der Waals surface area contributed by atoms with Crippen LogP contribution in [0.2, 0.25) is 0 Å². The lowest BCUT2D eigenvalue weighted by atomic mass is 10.0. The Balaban J connectivity index is 1.77. The van der Waals surface area contributed by atoms with Gasteiger partial charge in [-0.05, 0) is 37.1 Å². The van der Waals surface area contributed by atoms with E-state index in [1.54, 1.807) is 18.3 Å². The lowest BCUT2D eigenvalue weighted by molar-refractivity contribution is -0.122. The number of fused-ring (bicyclic) bond motifs is 1. The molecule has 0 aliphatic carbocycles. The molecule has 0 saturated carbocycles. The third-order valence-electron chi connectivity index (χ3n) is 3.94. The number of carbonyl (C=O) groups is 1. The van der Waals surface area contributed by atoms with Crippen LogP contribution in [0.5, 0.6) is 0 Å². The fourth-order valence-corrected chi connectivity index (χ4v) is 2.70. The van der Waals surface area contributed by atoms with E-state index >= 15 is 0 Å². The molecule has 6 nitrogen and oxygen atoms in total. The number of amides is 1. The minimum absolute atomic E-state index is 0.0765. The van der Waals surface area contributed by atoms with Crippen LogP contribution in [-0.2, 0) is 11.3 Å². The molecule has 24 heavy (non-hydrogen) atoms. The molecule has 2 heterocycles. The van der Waals surface area contributed by atoms with Crippen LogP contribution in [0.3, 0.4) is 0 Å². The van der Waals surface area contributed by atoms with Crippen molar-refractivity contribution in [2.24, 2.45) is 0 Å². The van der Waals surface area contributed by atoms with Gasteiger partial charge in [0, 0.05) is 6.20 Å². The maximum absolute atomic E-state index is 12.4. The van der Waals surface area contributed by atoms with E-state index < -0.39 is 0 Å². The molecule has 122 valence electrons. The highest BCUT2D eigenvalue weighted by atomic mass is 16.2. The first kappa shape index (κ1) is 15.9. The first-order chi connectivity index (χ1) is 11.6. The number of aromatic nitrogens is 3. The van der Waals surface area contributed by atoms with Gasteiger partial charge in [-0.25, -0.2) is 9.97 Å². The summed E-state index contributed by atoms with van der Waals surface area (Å²) in [6.07, 6.45) is 2.94. The van der Waals surface area contributed by atoms with Crippen molar-refractivity contribution >= 4 is 16.9 Å². The Labute approximate surface area is 139 Å². The predicted octanol–water partition coefficient (Wildman–Crippen LogP) is 1.98. The molecular formula is C18H18N4O2. The summed E-state index contributed by atoms with van der Waals surface area (Å²) >= 11 is 0. The van der Waals surface area contributed by atoms with Crippen molar-refractivity contribution in [3.63, 3.8) is 0 Å². The number of pyridine rings is 1. The summed E-state index contributed by atoms with van der Waals surface area (Å²) in [7, 11) is 0. The number of benzene rings is 1. The number of rotatable bonds is 4. The first-order valence-corrected chi connectivity index (χ1v) is 7.71. The molecule has 0 spiro atoms. The van der Waals surface area contributed by atoms with Gasteiger partial charge in [0.15, 0.2) is 5.65 Å². The van der Waals surface area contributed by atoms with Crippen molar-refractivity contribution in [1.29, 1.82) is 0 Å². The van der Waals surface area contributed by atoms with E-state index in [2.05, 4.69) is 15.3 Å². The lowest BCUT2D eigenvalue weighted by Crippen LogP contribution is -2.34. The molecule has 3 rings (SSSR count). The number of nitrogens with zero attached hydrogens (tertiary/aromatic N) is 3. The highest BCUT2D eigenvalue weighted by Crippen LogP contribution is 2.16. The Kier molecular flexibility index (Phi) is 4.37. The molecule has 0 aliphatic heterocycles. The molecule has 3 aromatic rings. The maximum atomic E-state index is 12.4. The van der Waals surface area contributed by atoms with Gasteiger partial charge in [-0.15, -0.1) is 0 Å². The van der Waals surface area contributed by atoms with Crippen molar-refractivity contribution < 1.29 is 4.79 Å². The molecule has 6 heteroatoms. The van der Waals surface area contributed by atoms with Crippen LogP contribution in [-0.4, -0.2) is 20.4 Å². The molecule has 0 radical (unpaired) electrons. The molecule has 0 bridgehead atoms. The van der Waals surface area contributed by atoms with Gasteiger partial charge in [-0.1, -0.05) is 24.3 Å². The molecule has 0 aliphatic rings. The Morgan fingerprint density at radius 1 is 1.21 bits per heavy atom. The van der Waals surface area contributed by atoms with Gasteiger partial charge in [0.25, 0.3) is 5.56 Å². The van der Waals surface area contributed by atoms with Crippen molar-refractivity contribution in [3.8, 4) is 0 Å². The van der Waals surface area contributed by atoms with E-state index in [0.29, 0.717) is 11.0 Å². The SMILES string of the molecule is Cc1ccccc1[C@H](C)NC(=O)Cn1cnc2ncccc2c1=O. The maximum Gasteiger partial charge on any atom is 0.263 e. The first-order valence-electron chi connectivity index (χ1n) is 7.71. The van der Waals surface area contributed by atoms with Crippen LogP contribution in [0, 0.1) is 6.92 Å². The quantitative estimate of drug-likeness (QED) is 0.797. The normalized spacial score (nSPS) is 12.1. The monoisotopic (exact) mass is 322 g/mol. The number of hydrogen-bond acceptors (Lipinski definition) is 4. The summed E-state index contributed by atoms with van der Waals surface area (Å²) in [5.74, 6) is -0.238. The van der Waals surface area contributed by atoms with Gasteiger partial charge in [-0.3, -0.25) is 14.2 Å². The number of hydrogen-bond donors (Lipinski definition) is 1. The van der Waals surface area contributed by atoms with Crippen LogP contribution in [0.15, 0.2) is 53.7 Å². The minimum atomic E-state index is -0.271. The molecule has 0 fully saturated rings. The van der Waals surface area contributed by atoms with Crippen molar-refractivity contribution in [2.75, 3.05) is 0 Å². The number of aryl methyl sites for hydroxylation is 1. The zero-order chi connectivity index (χ0) is 17.1. The van der Waals surface area contributed by atoms with E-state index in [0.717, 1.165) is 11.1 Å². The van der Waals surface area contributed by atoms with Crippen molar-refractivity contribution in [3.05, 3.63) is 70.4 Å². The van der Waals surface area contributed by atoms with Crippen LogP contribution in [0.1, 0.15) is 24.1 Å². The smallest absolute Gasteiger partial charge is 0.263 e. The molecule has 2 aromatic heterocycles. The number of nitrogens with one attached hydrogen (secondary N) is 1. The van der Waals surface area contributed by atoms with E-state index in [1.807, 2.05) is 38.1 Å². The Bertz CT molecular complexity index is 949. The van der Waals surface area contributed by atoms with Crippen molar-refractivity contribution in [1.82, 2.24) is 19.9 Å². The molecule has 1 amide bonds. The summed E-state index contributed by atoms with van der Waals surface area (Å²) in [6.45, 7) is 3.85. The largest absolute Gasteiger partial charge is 0.348 e. The van der Waals surface area contributed by atoms with E-state index in [-0.39, 0.29) is 24.1 Å². The predicted molar refractivity (Wildman–Crippen MR) is 91.5 cm³/mol. The highest BCUT2D eigenvalue weighted by molar-refractivity contribution is 5.77. The van der Waals surface area contributed by atoms with Crippen LogP contribution < -0.4 is 10.9 Å². The van der Waals surface area contributed by atoms with Gasteiger partial charge in [-0.2, -0.15) is 0 Å². The van der Waals surface area contributed by atoms with E-state index in [4.69, 9.17) is 0 Å². The molecule has 1 aromatic carbocycles. The summed E-state index contributed by atoms with van der Waals surface area (Å²) < 4.78 is 1.30. The van der Waals surface area contributed by atoms with Gasteiger partial charge < -0.3 is 5.32 Å².